The number of hydrogen-bond acceptors (Lipinski definition) is 3. The monoisotopic (exact) mass is 291 g/mol. The average Bonchev–Trinajstić information content (AvgIpc) is 2.95. The van der Waals surface area contributed by atoms with Crippen molar-refractivity contribution in [3.05, 3.63) is 18.0 Å². The van der Waals surface area contributed by atoms with Crippen LogP contribution in [-0.2, 0) is 17.5 Å². The van der Waals surface area contributed by atoms with E-state index in [1.807, 2.05) is 0 Å². The maximum absolute atomic E-state index is 12.4. The van der Waals surface area contributed by atoms with Crippen molar-refractivity contribution in [3.63, 3.8) is 0 Å². The molecule has 0 bridgehead atoms. The minimum Gasteiger partial charge on any atom is -0.393 e. The van der Waals surface area contributed by atoms with Crippen LogP contribution in [0.1, 0.15) is 19.0 Å². The minimum absolute atomic E-state index is 0.0299. The Kier molecular flexibility index (Phi) is 4.03. The van der Waals surface area contributed by atoms with Gasteiger partial charge in [-0.2, -0.15) is 18.3 Å². The summed E-state index contributed by atoms with van der Waals surface area (Å²) < 4.78 is 38.1. The lowest BCUT2D eigenvalue weighted by atomic mass is 10.0. The van der Waals surface area contributed by atoms with Gasteiger partial charge in [0.1, 0.15) is 6.54 Å². The summed E-state index contributed by atoms with van der Waals surface area (Å²) in [5.41, 5.74) is -1.01. The summed E-state index contributed by atoms with van der Waals surface area (Å²) in [4.78, 5) is 13.5. The Morgan fingerprint density at radius 3 is 2.80 bits per heavy atom. The van der Waals surface area contributed by atoms with E-state index in [0.29, 0.717) is 19.5 Å². The molecule has 20 heavy (non-hydrogen) atoms. The number of alkyl halides is 3. The molecule has 8 heteroatoms. The molecule has 1 fully saturated rings. The average molecular weight is 291 g/mol. The summed E-state index contributed by atoms with van der Waals surface area (Å²) in [6, 6.07) is 0.843. The van der Waals surface area contributed by atoms with Crippen molar-refractivity contribution in [2.45, 2.75) is 32.2 Å². The summed E-state index contributed by atoms with van der Waals surface area (Å²) in [7, 11) is 0. The topological polar surface area (TPSA) is 58.4 Å². The highest BCUT2D eigenvalue weighted by Gasteiger charge is 2.34. The molecule has 2 unspecified atom stereocenters. The van der Waals surface area contributed by atoms with Gasteiger partial charge in [-0.1, -0.05) is 0 Å². The minimum atomic E-state index is -4.50. The molecule has 1 aromatic heterocycles. The fourth-order valence-corrected chi connectivity index (χ4v) is 2.25. The van der Waals surface area contributed by atoms with Gasteiger partial charge < -0.3 is 10.0 Å². The third-order valence-electron chi connectivity index (χ3n) is 3.49. The van der Waals surface area contributed by atoms with E-state index in [-0.39, 0.29) is 18.4 Å². The van der Waals surface area contributed by atoms with Crippen LogP contribution in [0.5, 0.6) is 0 Å². The Morgan fingerprint density at radius 2 is 2.30 bits per heavy atom. The van der Waals surface area contributed by atoms with Gasteiger partial charge in [-0.05, 0) is 19.4 Å². The number of carbonyl (C=O) groups is 1. The van der Waals surface area contributed by atoms with Gasteiger partial charge >= 0.3 is 6.18 Å². The predicted octanol–water partition coefficient (Wildman–Crippen LogP) is 1.13. The molecule has 0 spiro atoms. The molecule has 1 saturated heterocycles. The van der Waals surface area contributed by atoms with E-state index in [0.717, 1.165) is 16.9 Å². The molecule has 1 aliphatic heterocycles. The number of nitrogens with zero attached hydrogens (tertiary/aromatic N) is 3. The molecule has 0 radical (unpaired) electrons. The van der Waals surface area contributed by atoms with Crippen LogP contribution in [0.3, 0.4) is 0 Å². The van der Waals surface area contributed by atoms with E-state index < -0.39 is 18.0 Å². The molecule has 2 rings (SSSR count). The number of aliphatic hydroxyl groups excluding tert-OH is 1. The van der Waals surface area contributed by atoms with Crippen molar-refractivity contribution in [2.24, 2.45) is 5.92 Å². The van der Waals surface area contributed by atoms with Crippen molar-refractivity contribution in [2.75, 3.05) is 13.1 Å². The van der Waals surface area contributed by atoms with E-state index in [2.05, 4.69) is 5.10 Å². The normalized spacial score (nSPS) is 21.2. The zero-order chi connectivity index (χ0) is 14.9. The van der Waals surface area contributed by atoms with Gasteiger partial charge in [0.05, 0.1) is 6.10 Å². The highest BCUT2D eigenvalue weighted by Crippen LogP contribution is 2.27. The number of carbonyl (C=O) groups excluding carboxylic acids is 1. The first-order chi connectivity index (χ1) is 9.27. The van der Waals surface area contributed by atoms with Gasteiger partial charge in [0.25, 0.3) is 0 Å². The second kappa shape index (κ2) is 5.43. The second-order valence-corrected chi connectivity index (χ2v) is 5.03. The molecule has 1 aliphatic rings. The smallest absolute Gasteiger partial charge is 0.393 e. The van der Waals surface area contributed by atoms with Crippen molar-refractivity contribution >= 4 is 5.91 Å². The van der Waals surface area contributed by atoms with Crippen molar-refractivity contribution in [1.82, 2.24) is 14.7 Å². The second-order valence-electron chi connectivity index (χ2n) is 5.03. The van der Waals surface area contributed by atoms with Crippen LogP contribution in [0.15, 0.2) is 12.3 Å². The van der Waals surface area contributed by atoms with Gasteiger partial charge in [-0.15, -0.1) is 0 Å². The maximum Gasteiger partial charge on any atom is 0.435 e. The van der Waals surface area contributed by atoms with Crippen LogP contribution in [0.4, 0.5) is 13.2 Å². The van der Waals surface area contributed by atoms with E-state index in [4.69, 9.17) is 0 Å². The summed E-state index contributed by atoms with van der Waals surface area (Å²) in [5.74, 6) is -0.257. The van der Waals surface area contributed by atoms with Crippen molar-refractivity contribution < 1.29 is 23.1 Å². The lowest BCUT2D eigenvalue weighted by Crippen LogP contribution is -2.33. The van der Waals surface area contributed by atoms with Gasteiger partial charge in [0.15, 0.2) is 5.69 Å². The summed E-state index contributed by atoms with van der Waals surface area (Å²) >= 11 is 0. The van der Waals surface area contributed by atoms with Crippen LogP contribution in [0, 0.1) is 5.92 Å². The molecule has 112 valence electrons. The van der Waals surface area contributed by atoms with E-state index >= 15 is 0 Å². The van der Waals surface area contributed by atoms with Crippen LogP contribution in [-0.4, -0.2) is 44.9 Å². The highest BCUT2D eigenvalue weighted by atomic mass is 19.4. The number of rotatable bonds is 3. The zero-order valence-electron chi connectivity index (χ0n) is 11.0. The predicted molar refractivity (Wildman–Crippen MR) is 63.6 cm³/mol. The number of aromatic nitrogens is 2. The summed E-state index contributed by atoms with van der Waals surface area (Å²) in [6.07, 6.45) is -3.15. The molecule has 0 aromatic carbocycles. The van der Waals surface area contributed by atoms with Crippen molar-refractivity contribution in [3.8, 4) is 0 Å². The zero-order valence-corrected chi connectivity index (χ0v) is 11.0. The molecule has 2 atom stereocenters. The SMILES string of the molecule is CC(O)C1CCN(C(=O)Cn2ccc(C(F)(F)F)n2)C1. The fraction of sp³-hybridized carbons (Fsp3) is 0.667. The first-order valence-electron chi connectivity index (χ1n) is 6.34. The van der Waals surface area contributed by atoms with Gasteiger partial charge in [0, 0.05) is 25.2 Å². The summed E-state index contributed by atoms with van der Waals surface area (Å²) in [5, 5.41) is 12.8. The van der Waals surface area contributed by atoms with Crippen molar-refractivity contribution in [1.29, 1.82) is 0 Å². The molecule has 1 N–H and O–H groups in total. The first kappa shape index (κ1) is 14.8. The van der Waals surface area contributed by atoms with Crippen LogP contribution in [0.25, 0.3) is 0 Å². The first-order valence-corrected chi connectivity index (χ1v) is 6.34. The van der Waals surface area contributed by atoms with Gasteiger partial charge in [-0.3, -0.25) is 9.48 Å². The third-order valence-corrected chi connectivity index (χ3v) is 3.49. The Morgan fingerprint density at radius 1 is 1.60 bits per heavy atom. The van der Waals surface area contributed by atoms with E-state index in [1.54, 1.807) is 11.8 Å². The Bertz CT molecular complexity index is 485. The van der Waals surface area contributed by atoms with E-state index in [1.165, 1.54) is 0 Å². The molecule has 2 heterocycles. The quantitative estimate of drug-likeness (QED) is 0.908. The number of hydrogen-bond donors (Lipinski definition) is 1. The van der Waals surface area contributed by atoms with Crippen LogP contribution in [0.2, 0.25) is 0 Å². The molecule has 0 aliphatic carbocycles. The maximum atomic E-state index is 12.4. The highest BCUT2D eigenvalue weighted by molar-refractivity contribution is 5.76. The van der Waals surface area contributed by atoms with E-state index in [9.17, 15) is 23.1 Å². The standard InChI is InChI=1S/C12H16F3N3O2/c1-8(19)9-2-4-17(6-9)11(20)7-18-5-3-10(16-18)12(13,14)15/h3,5,8-9,19H,2,4,6-7H2,1H3. The Balaban J connectivity index is 1.94. The van der Waals surface area contributed by atoms with Crippen LogP contribution >= 0.6 is 0 Å². The lowest BCUT2D eigenvalue weighted by molar-refractivity contribution is -0.142. The third kappa shape index (κ3) is 3.30. The number of aliphatic hydroxyl groups is 1. The largest absolute Gasteiger partial charge is 0.435 e. The van der Waals surface area contributed by atoms with Gasteiger partial charge in [0.2, 0.25) is 5.91 Å². The number of amides is 1. The Labute approximate surface area is 114 Å². The number of halogens is 3. The molecule has 1 amide bonds. The molecular weight excluding hydrogens is 275 g/mol. The lowest BCUT2D eigenvalue weighted by Gasteiger charge is -2.17. The Hall–Kier alpha value is -1.57. The van der Waals surface area contributed by atoms with Crippen LogP contribution < -0.4 is 0 Å². The van der Waals surface area contributed by atoms with Gasteiger partial charge in [-0.25, -0.2) is 0 Å². The summed E-state index contributed by atoms with van der Waals surface area (Å²) in [6.45, 7) is 2.40. The number of likely N-dealkylation sites (tertiary alicyclic amines) is 1. The fourth-order valence-electron chi connectivity index (χ4n) is 2.25. The molecule has 5 nitrogen and oxygen atoms in total. The molecular formula is C12H16F3N3O2. The molecule has 0 saturated carbocycles. The molecule has 1 aromatic rings.